The van der Waals surface area contributed by atoms with E-state index in [4.69, 9.17) is 0 Å². The molecular formula is C8H9BrN2O2. The molecule has 0 saturated heterocycles. The van der Waals surface area contributed by atoms with E-state index in [1.165, 1.54) is 12.0 Å². The first-order valence-corrected chi connectivity index (χ1v) is 4.37. The molecule has 0 aliphatic heterocycles. The van der Waals surface area contributed by atoms with Crippen molar-refractivity contribution in [3.63, 3.8) is 0 Å². The highest BCUT2D eigenvalue weighted by molar-refractivity contribution is 9.10. The molecule has 0 saturated carbocycles. The van der Waals surface area contributed by atoms with E-state index in [-0.39, 0.29) is 0 Å². The van der Waals surface area contributed by atoms with E-state index < -0.39 is 6.09 Å². The number of anilines is 1. The number of hydrogen-bond donors (Lipinski definition) is 0. The van der Waals surface area contributed by atoms with E-state index in [2.05, 4.69) is 25.7 Å². The molecule has 0 aromatic carbocycles. The molecule has 0 aliphatic rings. The highest BCUT2D eigenvalue weighted by Crippen LogP contribution is 2.13. The zero-order chi connectivity index (χ0) is 9.84. The second-order valence-corrected chi connectivity index (χ2v) is 3.28. The van der Waals surface area contributed by atoms with Gasteiger partial charge in [0.15, 0.2) is 0 Å². The predicted molar refractivity (Wildman–Crippen MR) is 52.7 cm³/mol. The van der Waals surface area contributed by atoms with Crippen LogP contribution in [-0.4, -0.2) is 25.2 Å². The van der Waals surface area contributed by atoms with Crippen LogP contribution in [0, 0.1) is 0 Å². The number of pyridine rings is 1. The molecular weight excluding hydrogens is 236 g/mol. The van der Waals surface area contributed by atoms with Gasteiger partial charge in [0.1, 0.15) is 5.82 Å². The fourth-order valence-corrected chi connectivity index (χ4v) is 1.03. The maximum Gasteiger partial charge on any atom is 0.414 e. The fourth-order valence-electron chi connectivity index (χ4n) is 0.797. The van der Waals surface area contributed by atoms with Crippen LogP contribution in [0.4, 0.5) is 10.6 Å². The van der Waals surface area contributed by atoms with Crippen molar-refractivity contribution < 1.29 is 9.53 Å². The molecule has 1 aromatic heterocycles. The summed E-state index contributed by atoms with van der Waals surface area (Å²) in [6.07, 6.45) is 1.18. The average Bonchev–Trinajstić information content (AvgIpc) is 2.17. The maximum absolute atomic E-state index is 11.0. The van der Waals surface area contributed by atoms with Crippen molar-refractivity contribution in [3.8, 4) is 0 Å². The van der Waals surface area contributed by atoms with Gasteiger partial charge in [0.25, 0.3) is 0 Å². The van der Waals surface area contributed by atoms with Gasteiger partial charge in [-0.3, -0.25) is 4.90 Å². The number of carbonyl (C=O) groups is 1. The molecule has 0 bridgehead atoms. The first kappa shape index (κ1) is 9.98. The van der Waals surface area contributed by atoms with Crippen LogP contribution >= 0.6 is 15.9 Å². The van der Waals surface area contributed by atoms with Gasteiger partial charge in [-0.1, -0.05) is 0 Å². The van der Waals surface area contributed by atoms with Crippen LogP contribution in [0.25, 0.3) is 0 Å². The molecule has 70 valence electrons. The van der Waals surface area contributed by atoms with E-state index in [9.17, 15) is 4.79 Å². The minimum absolute atomic E-state index is 0.435. The Bertz CT molecular complexity index is 300. The quantitative estimate of drug-likeness (QED) is 0.760. The number of aromatic nitrogens is 1. The Kier molecular flexibility index (Phi) is 3.25. The molecule has 0 N–H and O–H groups in total. The topological polar surface area (TPSA) is 42.4 Å². The lowest BCUT2D eigenvalue weighted by Crippen LogP contribution is -2.26. The summed E-state index contributed by atoms with van der Waals surface area (Å²) >= 11 is 3.25. The Morgan fingerprint density at radius 3 is 2.77 bits per heavy atom. The summed E-state index contributed by atoms with van der Waals surface area (Å²) in [5.41, 5.74) is 0. The molecule has 1 rings (SSSR count). The van der Waals surface area contributed by atoms with Crippen molar-refractivity contribution in [2.75, 3.05) is 19.1 Å². The zero-order valence-corrected chi connectivity index (χ0v) is 8.91. The van der Waals surface area contributed by atoms with E-state index in [0.717, 1.165) is 4.47 Å². The molecule has 1 heterocycles. The third-order valence-corrected chi connectivity index (χ3v) is 1.97. The Hall–Kier alpha value is -1.10. The van der Waals surface area contributed by atoms with Crippen LogP contribution in [0.2, 0.25) is 0 Å². The summed E-state index contributed by atoms with van der Waals surface area (Å²) in [5, 5.41) is 0. The highest BCUT2D eigenvalue weighted by atomic mass is 79.9. The van der Waals surface area contributed by atoms with Gasteiger partial charge in [0.05, 0.1) is 7.11 Å². The van der Waals surface area contributed by atoms with Crippen LogP contribution in [0.15, 0.2) is 22.8 Å². The van der Waals surface area contributed by atoms with Gasteiger partial charge >= 0.3 is 6.09 Å². The highest BCUT2D eigenvalue weighted by Gasteiger charge is 2.10. The Morgan fingerprint density at radius 2 is 2.31 bits per heavy atom. The molecule has 0 aliphatic carbocycles. The molecule has 1 amide bonds. The first-order chi connectivity index (χ1) is 6.15. The Morgan fingerprint density at radius 1 is 1.62 bits per heavy atom. The van der Waals surface area contributed by atoms with E-state index in [1.807, 2.05) is 6.07 Å². The number of nitrogens with zero attached hydrogens (tertiary/aromatic N) is 2. The number of rotatable bonds is 1. The third kappa shape index (κ3) is 2.42. The second-order valence-electron chi connectivity index (χ2n) is 2.36. The molecule has 0 atom stereocenters. The van der Waals surface area contributed by atoms with Gasteiger partial charge in [0, 0.05) is 17.7 Å². The van der Waals surface area contributed by atoms with Crippen LogP contribution in [0.3, 0.4) is 0 Å². The van der Waals surface area contributed by atoms with E-state index in [1.54, 1.807) is 19.3 Å². The van der Waals surface area contributed by atoms with Crippen LogP contribution in [-0.2, 0) is 4.74 Å². The van der Waals surface area contributed by atoms with Crippen molar-refractivity contribution in [1.82, 2.24) is 4.98 Å². The van der Waals surface area contributed by atoms with E-state index in [0.29, 0.717) is 5.82 Å². The normalized spacial score (nSPS) is 9.46. The van der Waals surface area contributed by atoms with Crippen molar-refractivity contribution in [2.45, 2.75) is 0 Å². The van der Waals surface area contributed by atoms with Gasteiger partial charge < -0.3 is 4.74 Å². The minimum Gasteiger partial charge on any atom is -0.452 e. The van der Waals surface area contributed by atoms with Crippen LogP contribution < -0.4 is 4.90 Å². The predicted octanol–water partition coefficient (Wildman–Crippen LogP) is 2.05. The summed E-state index contributed by atoms with van der Waals surface area (Å²) in [5.74, 6) is 0.551. The van der Waals surface area contributed by atoms with Gasteiger partial charge in [-0.05, 0) is 28.1 Å². The summed E-state index contributed by atoms with van der Waals surface area (Å²) in [4.78, 5) is 16.4. The monoisotopic (exact) mass is 244 g/mol. The number of halogens is 1. The second kappa shape index (κ2) is 4.23. The SMILES string of the molecule is COC(=O)N(C)c1ccc(Br)cn1. The maximum atomic E-state index is 11.0. The number of amides is 1. The molecule has 0 unspecified atom stereocenters. The molecule has 1 aromatic rings. The number of methoxy groups -OCH3 is 1. The summed E-state index contributed by atoms with van der Waals surface area (Å²) in [6, 6.07) is 3.53. The molecule has 4 nitrogen and oxygen atoms in total. The first-order valence-electron chi connectivity index (χ1n) is 3.58. The summed E-state index contributed by atoms with van der Waals surface area (Å²) in [6.45, 7) is 0. The third-order valence-electron chi connectivity index (χ3n) is 1.50. The lowest BCUT2D eigenvalue weighted by molar-refractivity contribution is 0.180. The average molecular weight is 245 g/mol. The van der Waals surface area contributed by atoms with Gasteiger partial charge in [-0.25, -0.2) is 9.78 Å². The van der Waals surface area contributed by atoms with Gasteiger partial charge in [-0.2, -0.15) is 0 Å². The van der Waals surface area contributed by atoms with Gasteiger partial charge in [-0.15, -0.1) is 0 Å². The lowest BCUT2D eigenvalue weighted by Gasteiger charge is -2.13. The number of ether oxygens (including phenoxy) is 1. The Balaban J connectivity index is 2.83. The molecule has 13 heavy (non-hydrogen) atoms. The number of carbonyl (C=O) groups excluding carboxylic acids is 1. The fraction of sp³-hybridized carbons (Fsp3) is 0.250. The minimum atomic E-state index is -0.435. The zero-order valence-electron chi connectivity index (χ0n) is 7.32. The van der Waals surface area contributed by atoms with Crippen LogP contribution in [0.5, 0.6) is 0 Å². The lowest BCUT2D eigenvalue weighted by atomic mass is 10.4. The van der Waals surface area contributed by atoms with Crippen LogP contribution in [0.1, 0.15) is 0 Å². The summed E-state index contributed by atoms with van der Waals surface area (Å²) < 4.78 is 5.40. The Labute approximate surface area is 84.6 Å². The smallest absolute Gasteiger partial charge is 0.414 e. The van der Waals surface area contributed by atoms with Crippen molar-refractivity contribution in [2.24, 2.45) is 0 Å². The summed E-state index contributed by atoms with van der Waals surface area (Å²) in [7, 11) is 2.93. The number of hydrogen-bond acceptors (Lipinski definition) is 3. The van der Waals surface area contributed by atoms with E-state index >= 15 is 0 Å². The molecule has 0 spiro atoms. The molecule has 5 heteroatoms. The van der Waals surface area contributed by atoms with Gasteiger partial charge in [0.2, 0.25) is 0 Å². The standard InChI is InChI=1S/C8H9BrN2O2/c1-11(8(12)13-2)7-4-3-6(9)5-10-7/h3-5H,1-2H3. The van der Waals surface area contributed by atoms with Crippen molar-refractivity contribution in [1.29, 1.82) is 0 Å². The van der Waals surface area contributed by atoms with Crippen molar-refractivity contribution >= 4 is 27.8 Å². The molecule has 0 radical (unpaired) electrons. The molecule has 0 fully saturated rings. The van der Waals surface area contributed by atoms with Crippen molar-refractivity contribution in [3.05, 3.63) is 22.8 Å². The largest absolute Gasteiger partial charge is 0.452 e.